The molecule has 0 aromatic rings. The summed E-state index contributed by atoms with van der Waals surface area (Å²) in [5, 5.41) is 0. The molecule has 0 radical (unpaired) electrons. The molecule has 11 heavy (non-hydrogen) atoms. The quantitative estimate of drug-likeness (QED) is 0.637. The number of hydrogen-bond donors (Lipinski definition) is 1. The molecule has 0 aromatic carbocycles. The highest BCUT2D eigenvalue weighted by Gasteiger charge is 2.41. The second-order valence-electron chi connectivity index (χ2n) is 1.99. The smallest absolute Gasteiger partial charge is 0.321 e. The van der Waals surface area contributed by atoms with Gasteiger partial charge in [0.05, 0.1) is 6.04 Å². The van der Waals surface area contributed by atoms with E-state index in [4.69, 9.17) is 5.73 Å². The van der Waals surface area contributed by atoms with Gasteiger partial charge in [0.25, 0.3) is 5.78 Å². The highest BCUT2D eigenvalue weighted by Crippen LogP contribution is 2.18. The largest absolute Gasteiger partial charge is 0.451 e. The van der Waals surface area contributed by atoms with Crippen LogP contribution in [0.2, 0.25) is 0 Å². The molecule has 0 heterocycles. The Bertz CT molecular complexity index is 164. The molecule has 0 fully saturated rings. The molecule has 0 amide bonds. The van der Waals surface area contributed by atoms with Crippen molar-refractivity contribution in [1.29, 1.82) is 0 Å². The van der Waals surface area contributed by atoms with Gasteiger partial charge in [0.2, 0.25) is 0 Å². The van der Waals surface area contributed by atoms with Crippen molar-refractivity contribution in [2.45, 2.75) is 18.6 Å². The minimum Gasteiger partial charge on any atom is -0.321 e. The zero-order chi connectivity index (χ0) is 9.07. The first-order valence-electron chi connectivity index (χ1n) is 2.87. The molecule has 0 aromatic heterocycles. The van der Waals surface area contributed by atoms with Gasteiger partial charge in [0.1, 0.15) is 0 Å². The first-order chi connectivity index (χ1) is 4.89. The summed E-state index contributed by atoms with van der Waals surface area (Å²) < 4.78 is 34.7. The van der Waals surface area contributed by atoms with E-state index in [0.717, 1.165) is 0 Å². The second kappa shape index (κ2) is 3.52. The predicted octanol–water partition coefficient (Wildman–Crippen LogP) is 1.02. The Hall–Kier alpha value is -0.840. The van der Waals surface area contributed by atoms with Gasteiger partial charge in [-0.1, -0.05) is 6.08 Å². The van der Waals surface area contributed by atoms with Crippen molar-refractivity contribution in [3.8, 4) is 0 Å². The van der Waals surface area contributed by atoms with Gasteiger partial charge in [-0.05, 0) is 6.42 Å². The van der Waals surface area contributed by atoms with Crippen molar-refractivity contribution in [2.75, 3.05) is 0 Å². The van der Waals surface area contributed by atoms with Crippen molar-refractivity contribution in [1.82, 2.24) is 0 Å². The van der Waals surface area contributed by atoms with Gasteiger partial charge in [-0.15, -0.1) is 6.58 Å². The standard InChI is InChI=1S/C6H8F3NO/c1-2-3-4(10)5(11)6(7,8)9/h2,4H,1,3,10H2. The monoisotopic (exact) mass is 167 g/mol. The third-order valence-electron chi connectivity index (χ3n) is 1.04. The van der Waals surface area contributed by atoms with Gasteiger partial charge in [-0.25, -0.2) is 0 Å². The van der Waals surface area contributed by atoms with Gasteiger partial charge in [0, 0.05) is 0 Å². The van der Waals surface area contributed by atoms with E-state index in [9.17, 15) is 18.0 Å². The number of halogens is 3. The normalized spacial score (nSPS) is 14.2. The van der Waals surface area contributed by atoms with Gasteiger partial charge in [-0.3, -0.25) is 4.79 Å². The molecule has 0 saturated heterocycles. The number of carbonyl (C=O) groups excluding carboxylic acids is 1. The minimum absolute atomic E-state index is 0.154. The van der Waals surface area contributed by atoms with Crippen LogP contribution in [-0.4, -0.2) is 18.0 Å². The lowest BCUT2D eigenvalue weighted by Gasteiger charge is -2.09. The molecule has 0 spiro atoms. The number of rotatable bonds is 3. The molecule has 64 valence electrons. The highest BCUT2D eigenvalue weighted by atomic mass is 19.4. The van der Waals surface area contributed by atoms with Crippen LogP contribution in [0.4, 0.5) is 13.2 Å². The van der Waals surface area contributed by atoms with Gasteiger partial charge in [-0.2, -0.15) is 13.2 Å². The van der Waals surface area contributed by atoms with Crippen LogP contribution in [0.25, 0.3) is 0 Å². The fraction of sp³-hybridized carbons (Fsp3) is 0.500. The van der Waals surface area contributed by atoms with Crippen molar-refractivity contribution in [3.05, 3.63) is 12.7 Å². The summed E-state index contributed by atoms with van der Waals surface area (Å²) in [6.07, 6.45) is -3.81. The summed E-state index contributed by atoms with van der Waals surface area (Å²) in [5.41, 5.74) is 4.87. The van der Waals surface area contributed by atoms with Crippen LogP contribution < -0.4 is 5.73 Å². The number of ketones is 1. The molecule has 5 heteroatoms. The van der Waals surface area contributed by atoms with Crippen molar-refractivity contribution in [2.24, 2.45) is 5.73 Å². The number of Topliss-reactive ketones (excluding diaryl/α,β-unsaturated/α-hetero) is 1. The van der Waals surface area contributed by atoms with Gasteiger partial charge in [0.15, 0.2) is 0 Å². The molecule has 0 aliphatic carbocycles. The minimum atomic E-state index is -4.83. The topological polar surface area (TPSA) is 43.1 Å². The SMILES string of the molecule is C=CCC(N)C(=O)C(F)(F)F. The van der Waals surface area contributed by atoms with Gasteiger partial charge < -0.3 is 5.73 Å². The zero-order valence-corrected chi connectivity index (χ0v) is 5.69. The zero-order valence-electron chi connectivity index (χ0n) is 5.69. The molecule has 2 N–H and O–H groups in total. The third kappa shape index (κ3) is 3.18. The molecule has 1 unspecified atom stereocenters. The van der Waals surface area contributed by atoms with Gasteiger partial charge >= 0.3 is 6.18 Å². The average molecular weight is 167 g/mol. The predicted molar refractivity (Wildman–Crippen MR) is 33.9 cm³/mol. The van der Waals surface area contributed by atoms with E-state index in [1.54, 1.807) is 0 Å². The van der Waals surface area contributed by atoms with Crippen molar-refractivity contribution >= 4 is 5.78 Å². The molecule has 0 saturated carbocycles. The van der Waals surface area contributed by atoms with Crippen molar-refractivity contribution in [3.63, 3.8) is 0 Å². The number of alkyl halides is 3. The summed E-state index contributed by atoms with van der Waals surface area (Å²) in [6.45, 7) is 3.17. The van der Waals surface area contributed by atoms with E-state index in [2.05, 4.69) is 6.58 Å². The maximum absolute atomic E-state index is 11.6. The lowest BCUT2D eigenvalue weighted by atomic mass is 10.1. The van der Waals surface area contributed by atoms with Crippen molar-refractivity contribution < 1.29 is 18.0 Å². The Balaban J connectivity index is 4.13. The molecular formula is C6H8F3NO. The lowest BCUT2D eigenvalue weighted by Crippen LogP contribution is -2.40. The number of carbonyl (C=O) groups is 1. The highest BCUT2D eigenvalue weighted by molar-refractivity contribution is 5.88. The Morgan fingerprint density at radius 1 is 1.64 bits per heavy atom. The van der Waals surface area contributed by atoms with Crippen LogP contribution in [0, 0.1) is 0 Å². The molecular weight excluding hydrogens is 159 g/mol. The van der Waals surface area contributed by atoms with Crippen LogP contribution in [0.1, 0.15) is 6.42 Å². The molecule has 0 bridgehead atoms. The van der Waals surface area contributed by atoms with Crippen LogP contribution in [0.15, 0.2) is 12.7 Å². The summed E-state index contributed by atoms with van der Waals surface area (Å²) in [5.74, 6) is -1.91. The molecule has 1 atom stereocenters. The summed E-state index contributed by atoms with van der Waals surface area (Å²) >= 11 is 0. The number of nitrogens with two attached hydrogens (primary N) is 1. The summed E-state index contributed by atoms with van der Waals surface area (Å²) in [4.78, 5) is 10.3. The Morgan fingerprint density at radius 3 is 2.36 bits per heavy atom. The van der Waals surface area contributed by atoms with E-state index in [1.807, 2.05) is 0 Å². The second-order valence-corrected chi connectivity index (χ2v) is 1.99. The Labute approximate surface area is 61.9 Å². The summed E-state index contributed by atoms with van der Waals surface area (Å²) in [6, 6.07) is -1.51. The van der Waals surface area contributed by atoms with E-state index >= 15 is 0 Å². The molecule has 0 rings (SSSR count). The van der Waals surface area contributed by atoms with Crippen LogP contribution in [-0.2, 0) is 4.79 Å². The third-order valence-corrected chi connectivity index (χ3v) is 1.04. The fourth-order valence-corrected chi connectivity index (χ4v) is 0.497. The first-order valence-corrected chi connectivity index (χ1v) is 2.87. The first kappa shape index (κ1) is 10.2. The maximum atomic E-state index is 11.6. The lowest BCUT2D eigenvalue weighted by molar-refractivity contribution is -0.172. The molecule has 0 aliphatic heterocycles. The fourth-order valence-electron chi connectivity index (χ4n) is 0.497. The van der Waals surface area contributed by atoms with E-state index in [-0.39, 0.29) is 6.42 Å². The van der Waals surface area contributed by atoms with Crippen LogP contribution in [0.5, 0.6) is 0 Å². The number of hydrogen-bond acceptors (Lipinski definition) is 2. The maximum Gasteiger partial charge on any atom is 0.451 e. The van der Waals surface area contributed by atoms with E-state index < -0.39 is 18.0 Å². The van der Waals surface area contributed by atoms with E-state index in [1.165, 1.54) is 6.08 Å². The Kier molecular flexibility index (Phi) is 3.25. The van der Waals surface area contributed by atoms with Crippen LogP contribution in [0.3, 0.4) is 0 Å². The Morgan fingerprint density at radius 2 is 2.09 bits per heavy atom. The average Bonchev–Trinajstić information content (AvgIpc) is 1.85. The molecule has 2 nitrogen and oxygen atoms in total. The molecule has 0 aliphatic rings. The van der Waals surface area contributed by atoms with Crippen LogP contribution >= 0.6 is 0 Å². The van der Waals surface area contributed by atoms with E-state index in [0.29, 0.717) is 0 Å². The summed E-state index contributed by atoms with van der Waals surface area (Å²) in [7, 11) is 0.